The van der Waals surface area contributed by atoms with Gasteiger partial charge in [0.15, 0.2) is 0 Å². The van der Waals surface area contributed by atoms with Crippen LogP contribution in [0.1, 0.15) is 38.3 Å². The molecule has 2 N–H and O–H groups in total. The number of carbonyl (C=O) groups is 2. The van der Waals surface area contributed by atoms with Crippen LogP contribution in [0, 0.1) is 11.3 Å². The maximum atomic E-state index is 12.9. The van der Waals surface area contributed by atoms with E-state index in [0.29, 0.717) is 30.8 Å². The van der Waals surface area contributed by atoms with Crippen molar-refractivity contribution in [2.24, 2.45) is 0 Å². The Bertz CT molecular complexity index is 1060. The fourth-order valence-electron chi connectivity index (χ4n) is 2.99. The van der Waals surface area contributed by atoms with E-state index in [-0.39, 0.29) is 16.7 Å². The van der Waals surface area contributed by atoms with Gasteiger partial charge in [0.25, 0.3) is 0 Å². The molecule has 0 spiro atoms. The van der Waals surface area contributed by atoms with Crippen LogP contribution in [-0.4, -0.2) is 37.7 Å². The zero-order valence-electron chi connectivity index (χ0n) is 17.8. The van der Waals surface area contributed by atoms with Crippen LogP contribution >= 0.6 is 0 Å². The van der Waals surface area contributed by atoms with Crippen LogP contribution in [0.15, 0.2) is 53.4 Å². The Morgan fingerprint density at radius 2 is 1.71 bits per heavy atom. The van der Waals surface area contributed by atoms with Crippen LogP contribution in [0.5, 0.6) is 0 Å². The Labute approximate surface area is 182 Å². The summed E-state index contributed by atoms with van der Waals surface area (Å²) in [6, 6.07) is 13.7. The zero-order valence-corrected chi connectivity index (χ0v) is 18.6. The Balaban J connectivity index is 2.10. The highest BCUT2D eigenvalue weighted by molar-refractivity contribution is 7.89. The summed E-state index contributed by atoms with van der Waals surface area (Å²) >= 11 is 0. The minimum Gasteiger partial charge on any atom is -0.337 e. The summed E-state index contributed by atoms with van der Waals surface area (Å²) in [5.74, 6) is -0.601. The third-order valence-electron chi connectivity index (χ3n) is 4.45. The lowest BCUT2D eigenvalue weighted by Crippen LogP contribution is -2.46. The highest BCUT2D eigenvalue weighted by Gasteiger charge is 2.25. The number of benzene rings is 2. The van der Waals surface area contributed by atoms with Gasteiger partial charge in [0, 0.05) is 25.7 Å². The van der Waals surface area contributed by atoms with E-state index in [1.165, 1.54) is 38.1 Å². The van der Waals surface area contributed by atoms with E-state index in [1.54, 1.807) is 29.2 Å². The lowest BCUT2D eigenvalue weighted by atomic mass is 10.1. The molecule has 164 valence electrons. The van der Waals surface area contributed by atoms with E-state index < -0.39 is 16.1 Å². The van der Waals surface area contributed by atoms with Crippen molar-refractivity contribution >= 4 is 27.5 Å². The van der Waals surface area contributed by atoms with E-state index >= 15 is 0 Å². The molecule has 0 unspecified atom stereocenters. The number of hydrogen-bond donors (Lipinski definition) is 2. The first-order chi connectivity index (χ1) is 14.7. The second kappa shape index (κ2) is 10.7. The van der Waals surface area contributed by atoms with E-state index in [4.69, 9.17) is 5.26 Å². The summed E-state index contributed by atoms with van der Waals surface area (Å²) < 4.78 is 27.8. The van der Waals surface area contributed by atoms with Crippen molar-refractivity contribution in [2.45, 2.75) is 44.7 Å². The van der Waals surface area contributed by atoms with Crippen LogP contribution in [-0.2, 0) is 26.2 Å². The number of nitrogens with one attached hydrogen (secondary N) is 2. The van der Waals surface area contributed by atoms with Crippen molar-refractivity contribution in [2.75, 3.05) is 11.9 Å². The van der Waals surface area contributed by atoms with Gasteiger partial charge in [-0.15, -0.1) is 0 Å². The number of carbonyl (C=O) groups excluding carboxylic acids is 2. The number of anilines is 1. The van der Waals surface area contributed by atoms with Gasteiger partial charge in [0.1, 0.15) is 0 Å². The SMILES string of the molecule is CCCN(Cc1ccc(C#N)cc1)C(=O)[C@H](C)NS(=O)(=O)c1ccc(NC(C)=O)cc1. The van der Waals surface area contributed by atoms with Gasteiger partial charge in [-0.25, -0.2) is 8.42 Å². The molecule has 2 rings (SSSR count). The molecule has 0 fully saturated rings. The first-order valence-corrected chi connectivity index (χ1v) is 11.3. The van der Waals surface area contributed by atoms with Crippen molar-refractivity contribution in [1.82, 2.24) is 9.62 Å². The molecule has 9 heteroatoms. The lowest BCUT2D eigenvalue weighted by Gasteiger charge is -2.26. The summed E-state index contributed by atoms with van der Waals surface area (Å²) in [7, 11) is -3.93. The van der Waals surface area contributed by atoms with Gasteiger partial charge in [-0.1, -0.05) is 19.1 Å². The number of nitrogens with zero attached hydrogens (tertiary/aromatic N) is 2. The van der Waals surface area contributed by atoms with Crippen LogP contribution in [0.4, 0.5) is 5.69 Å². The largest absolute Gasteiger partial charge is 0.337 e. The minimum atomic E-state index is -3.93. The van der Waals surface area contributed by atoms with E-state index in [0.717, 1.165) is 5.56 Å². The topological polar surface area (TPSA) is 119 Å². The molecular weight excluding hydrogens is 416 g/mol. The number of nitriles is 1. The molecule has 0 aliphatic carbocycles. The maximum Gasteiger partial charge on any atom is 0.241 e. The molecule has 0 radical (unpaired) electrons. The molecular formula is C22H26N4O4S. The standard InChI is InChI=1S/C22H26N4O4S/c1-4-13-26(15-19-7-5-18(14-23)6-8-19)22(28)16(2)25-31(29,30)21-11-9-20(10-12-21)24-17(3)27/h5-12,16,25H,4,13,15H2,1-3H3,(H,24,27)/t16-/m0/s1. The van der Waals surface area contributed by atoms with Crippen LogP contribution in [0.25, 0.3) is 0 Å². The second-order valence-electron chi connectivity index (χ2n) is 7.12. The van der Waals surface area contributed by atoms with Gasteiger partial charge in [0.05, 0.1) is 22.6 Å². The van der Waals surface area contributed by atoms with Gasteiger partial charge in [-0.2, -0.15) is 9.98 Å². The molecule has 0 heterocycles. The predicted octanol–water partition coefficient (Wildman–Crippen LogP) is 2.62. The van der Waals surface area contributed by atoms with Gasteiger partial charge < -0.3 is 10.2 Å². The molecule has 0 aliphatic rings. The smallest absolute Gasteiger partial charge is 0.241 e. The predicted molar refractivity (Wildman–Crippen MR) is 117 cm³/mol. The molecule has 2 amide bonds. The summed E-state index contributed by atoms with van der Waals surface area (Å²) in [6.45, 7) is 5.59. The molecule has 2 aromatic rings. The molecule has 0 bridgehead atoms. The summed E-state index contributed by atoms with van der Waals surface area (Å²) in [6.07, 6.45) is 0.714. The van der Waals surface area contributed by atoms with E-state index in [9.17, 15) is 18.0 Å². The molecule has 0 aliphatic heterocycles. The minimum absolute atomic E-state index is 0.00427. The monoisotopic (exact) mass is 442 g/mol. The number of amides is 2. The van der Waals surface area contributed by atoms with Crippen molar-refractivity contribution < 1.29 is 18.0 Å². The lowest BCUT2D eigenvalue weighted by molar-refractivity contribution is -0.133. The molecule has 0 aromatic heterocycles. The number of hydrogen-bond acceptors (Lipinski definition) is 5. The first kappa shape index (κ1) is 24.1. The van der Waals surface area contributed by atoms with Gasteiger partial charge in [-0.05, 0) is 55.3 Å². The number of sulfonamides is 1. The van der Waals surface area contributed by atoms with Crippen molar-refractivity contribution in [3.8, 4) is 6.07 Å². The van der Waals surface area contributed by atoms with Crippen LogP contribution in [0.3, 0.4) is 0 Å². The summed E-state index contributed by atoms with van der Waals surface area (Å²) in [5.41, 5.74) is 1.86. The fourth-order valence-corrected chi connectivity index (χ4v) is 4.18. The Morgan fingerprint density at radius 1 is 1.10 bits per heavy atom. The normalized spacial score (nSPS) is 11.9. The van der Waals surface area contributed by atoms with Crippen molar-refractivity contribution in [3.05, 3.63) is 59.7 Å². The molecule has 0 saturated heterocycles. The third kappa shape index (κ3) is 6.91. The molecule has 8 nitrogen and oxygen atoms in total. The highest BCUT2D eigenvalue weighted by Crippen LogP contribution is 2.15. The van der Waals surface area contributed by atoms with E-state index in [2.05, 4.69) is 10.0 Å². The second-order valence-corrected chi connectivity index (χ2v) is 8.83. The van der Waals surface area contributed by atoms with Crippen LogP contribution in [0.2, 0.25) is 0 Å². The van der Waals surface area contributed by atoms with Gasteiger partial charge in [0.2, 0.25) is 21.8 Å². The summed E-state index contributed by atoms with van der Waals surface area (Å²) in [5, 5.41) is 11.5. The quantitative estimate of drug-likeness (QED) is 0.619. The van der Waals surface area contributed by atoms with Gasteiger partial charge in [-0.3, -0.25) is 9.59 Å². The zero-order chi connectivity index (χ0) is 23.0. The Hall–Kier alpha value is -3.22. The molecule has 0 saturated carbocycles. The number of rotatable bonds is 9. The van der Waals surface area contributed by atoms with Crippen molar-refractivity contribution in [1.29, 1.82) is 5.26 Å². The average molecular weight is 443 g/mol. The molecule has 31 heavy (non-hydrogen) atoms. The Morgan fingerprint density at radius 3 is 2.23 bits per heavy atom. The molecule has 1 atom stereocenters. The maximum absolute atomic E-state index is 12.9. The molecule has 2 aromatic carbocycles. The van der Waals surface area contributed by atoms with Gasteiger partial charge >= 0.3 is 0 Å². The van der Waals surface area contributed by atoms with Crippen LogP contribution < -0.4 is 10.0 Å². The highest BCUT2D eigenvalue weighted by atomic mass is 32.2. The summed E-state index contributed by atoms with van der Waals surface area (Å²) in [4.78, 5) is 25.6. The first-order valence-electron chi connectivity index (χ1n) is 9.84. The third-order valence-corrected chi connectivity index (χ3v) is 6.01. The van der Waals surface area contributed by atoms with E-state index in [1.807, 2.05) is 13.0 Å². The fraction of sp³-hybridized carbons (Fsp3) is 0.318. The Kier molecular flexibility index (Phi) is 8.30. The average Bonchev–Trinajstić information content (AvgIpc) is 2.73. The van der Waals surface area contributed by atoms with Crippen molar-refractivity contribution in [3.63, 3.8) is 0 Å².